The largest absolute Gasteiger partial charge is 0.573 e. The Kier molecular flexibility index (Phi) is 8.80. The summed E-state index contributed by atoms with van der Waals surface area (Å²) in [4.78, 5) is 0. The van der Waals surface area contributed by atoms with Gasteiger partial charge in [-0.1, -0.05) is 60.1 Å². The van der Waals surface area contributed by atoms with E-state index < -0.39 is 30.7 Å². The quantitative estimate of drug-likeness (QED) is 0.145. The lowest BCUT2D eigenvalue weighted by Gasteiger charge is -2.25. The summed E-state index contributed by atoms with van der Waals surface area (Å²) >= 11 is 5.95. The van der Waals surface area contributed by atoms with E-state index in [1.54, 1.807) is 42.5 Å². The summed E-state index contributed by atoms with van der Waals surface area (Å²) in [6.45, 7) is 0.856. The van der Waals surface area contributed by atoms with E-state index in [1.165, 1.54) is 48.5 Å². The number of rotatable bonds is 9. The summed E-state index contributed by atoms with van der Waals surface area (Å²) in [6.07, 6.45) is -13.2. The molecule has 2 unspecified atom stereocenters. The van der Waals surface area contributed by atoms with Crippen LogP contribution in [0.2, 0.25) is 5.02 Å². The van der Waals surface area contributed by atoms with Gasteiger partial charge in [-0.25, -0.2) is 0 Å². The maximum atomic E-state index is 13.3. The molecule has 11 heteroatoms. The van der Waals surface area contributed by atoms with Gasteiger partial charge in [0.05, 0.1) is 0 Å². The van der Waals surface area contributed by atoms with Crippen LogP contribution in [0.5, 0.6) is 23.0 Å². The van der Waals surface area contributed by atoms with Crippen molar-refractivity contribution < 1.29 is 45.3 Å². The van der Waals surface area contributed by atoms with Crippen molar-refractivity contribution >= 4 is 11.6 Å². The fourth-order valence-corrected chi connectivity index (χ4v) is 3.71. The van der Waals surface area contributed by atoms with Gasteiger partial charge >= 0.3 is 12.5 Å². The van der Waals surface area contributed by atoms with E-state index in [0.717, 1.165) is 13.0 Å². The monoisotopic (exact) mass is 582 g/mol. The summed E-state index contributed by atoms with van der Waals surface area (Å²) in [7, 11) is 0. The number of para-hydroxylation sites is 1. The minimum absolute atomic E-state index is 0.0326. The van der Waals surface area contributed by atoms with Crippen molar-refractivity contribution in [1.82, 2.24) is 0 Å². The molecule has 0 bridgehead atoms. The highest BCUT2D eigenvalue weighted by Gasteiger charge is 2.39. The van der Waals surface area contributed by atoms with Crippen LogP contribution in [0.1, 0.15) is 18.8 Å². The normalized spacial score (nSPS) is 13.4. The molecule has 4 rings (SSSR count). The Morgan fingerprint density at radius 2 is 1.27 bits per heavy atom. The lowest BCUT2D eigenvalue weighted by Crippen LogP contribution is -2.31. The number of alkyl halides is 6. The van der Waals surface area contributed by atoms with Crippen molar-refractivity contribution in [2.24, 2.45) is 0 Å². The highest BCUT2D eigenvalue weighted by molar-refractivity contribution is 6.30. The molecule has 4 nitrogen and oxygen atoms in total. The molecule has 0 aliphatic heterocycles. The first-order valence-corrected chi connectivity index (χ1v) is 12.1. The Balaban J connectivity index is 1.76. The van der Waals surface area contributed by atoms with Crippen molar-refractivity contribution in [3.8, 4) is 34.1 Å². The predicted molar refractivity (Wildman–Crippen MR) is 136 cm³/mol. The van der Waals surface area contributed by atoms with E-state index in [9.17, 15) is 26.3 Å². The maximum Gasteiger partial charge on any atom is 0.573 e. The molecule has 0 saturated carbocycles. The fourth-order valence-electron chi connectivity index (χ4n) is 3.59. The highest BCUT2D eigenvalue weighted by Crippen LogP contribution is 2.42. The number of hydrogen-bond donors (Lipinski definition) is 0. The second-order valence-electron chi connectivity index (χ2n) is 8.44. The van der Waals surface area contributed by atoms with E-state index in [1.807, 2.05) is 0 Å². The van der Waals surface area contributed by atoms with Crippen LogP contribution in [0.3, 0.4) is 0 Å². The molecule has 0 aliphatic rings. The maximum absolute atomic E-state index is 13.3. The van der Waals surface area contributed by atoms with Gasteiger partial charge in [-0.05, 0) is 49.4 Å². The third kappa shape index (κ3) is 7.83. The van der Waals surface area contributed by atoms with Crippen LogP contribution < -0.4 is 14.2 Å². The summed E-state index contributed by atoms with van der Waals surface area (Å²) in [5, 5.41) is 0.426. The van der Waals surface area contributed by atoms with Gasteiger partial charge in [0, 0.05) is 27.8 Å². The lowest BCUT2D eigenvalue weighted by atomic mass is 10.0. The molecule has 0 heterocycles. The van der Waals surface area contributed by atoms with Crippen LogP contribution in [0.15, 0.2) is 97.1 Å². The Morgan fingerprint density at radius 3 is 1.93 bits per heavy atom. The molecule has 4 aromatic rings. The topological polar surface area (TPSA) is 36.9 Å². The third-order valence-corrected chi connectivity index (χ3v) is 5.75. The number of ether oxygens (including phenoxy) is 4. The van der Waals surface area contributed by atoms with Crippen LogP contribution in [-0.4, -0.2) is 18.6 Å². The molecule has 0 saturated heterocycles. The SMILES string of the molecule is CC(OC(Oc1ccc(-c2ccccc2OC(F)(F)F)c(Oc2ccc(Cl)cc2)c1)c1ccccc1)C(F)(F)F. The summed E-state index contributed by atoms with van der Waals surface area (Å²) < 4.78 is 100. The van der Waals surface area contributed by atoms with Crippen LogP contribution in [0.25, 0.3) is 11.1 Å². The van der Waals surface area contributed by atoms with Crippen molar-refractivity contribution in [2.75, 3.05) is 0 Å². The summed E-state index contributed by atoms with van der Waals surface area (Å²) in [6, 6.07) is 23.8. The highest BCUT2D eigenvalue weighted by atomic mass is 35.5. The van der Waals surface area contributed by atoms with Gasteiger partial charge in [0.2, 0.25) is 6.29 Å². The zero-order valence-electron chi connectivity index (χ0n) is 20.7. The molecular formula is C29H21ClF6O4. The van der Waals surface area contributed by atoms with E-state index >= 15 is 0 Å². The molecule has 0 amide bonds. The molecule has 0 radical (unpaired) electrons. The van der Waals surface area contributed by atoms with E-state index in [4.69, 9.17) is 25.8 Å². The standard InChI is InChI=1S/C29H21ClF6O4/c1-18(28(31,32)33)37-27(19-7-3-2-4-8-19)39-22-15-16-24(23-9-5-6-10-25(23)40-29(34,35)36)26(17-22)38-21-13-11-20(30)12-14-21/h2-18,27H,1H3. The van der Waals surface area contributed by atoms with E-state index in [2.05, 4.69) is 4.74 Å². The fraction of sp³-hybridized carbons (Fsp3) is 0.172. The molecule has 4 aromatic carbocycles. The average Bonchev–Trinajstić information content (AvgIpc) is 2.89. The molecule has 0 spiro atoms. The van der Waals surface area contributed by atoms with Crippen molar-refractivity contribution in [3.63, 3.8) is 0 Å². The van der Waals surface area contributed by atoms with Crippen LogP contribution in [-0.2, 0) is 4.74 Å². The first-order valence-electron chi connectivity index (χ1n) is 11.8. The first-order chi connectivity index (χ1) is 18.9. The average molecular weight is 583 g/mol. The smallest absolute Gasteiger partial charge is 0.460 e. The third-order valence-electron chi connectivity index (χ3n) is 5.50. The Hall–Kier alpha value is -3.89. The Labute approximate surface area is 230 Å². The van der Waals surface area contributed by atoms with E-state index in [0.29, 0.717) is 16.3 Å². The van der Waals surface area contributed by atoms with Crippen LogP contribution in [0, 0.1) is 0 Å². The molecule has 40 heavy (non-hydrogen) atoms. The van der Waals surface area contributed by atoms with Gasteiger partial charge < -0.3 is 18.9 Å². The molecule has 0 aromatic heterocycles. The second-order valence-corrected chi connectivity index (χ2v) is 8.87. The van der Waals surface area contributed by atoms with Gasteiger partial charge in [-0.3, -0.25) is 0 Å². The summed E-state index contributed by atoms with van der Waals surface area (Å²) in [5.74, 6) is -0.119. The Morgan fingerprint density at radius 1 is 0.675 bits per heavy atom. The van der Waals surface area contributed by atoms with Gasteiger partial charge in [-0.15, -0.1) is 13.2 Å². The molecule has 0 fully saturated rings. The van der Waals surface area contributed by atoms with E-state index in [-0.39, 0.29) is 22.6 Å². The minimum Gasteiger partial charge on any atom is -0.460 e. The van der Waals surface area contributed by atoms with Gasteiger partial charge in [0.25, 0.3) is 0 Å². The van der Waals surface area contributed by atoms with Crippen molar-refractivity contribution in [1.29, 1.82) is 0 Å². The minimum atomic E-state index is -4.95. The zero-order chi connectivity index (χ0) is 28.9. The van der Waals surface area contributed by atoms with Crippen LogP contribution in [0.4, 0.5) is 26.3 Å². The molecule has 210 valence electrons. The molecule has 0 N–H and O–H groups in total. The number of hydrogen-bond acceptors (Lipinski definition) is 4. The molecular weight excluding hydrogens is 562 g/mol. The molecule has 2 atom stereocenters. The second kappa shape index (κ2) is 12.1. The number of benzene rings is 4. The lowest BCUT2D eigenvalue weighted by molar-refractivity contribution is -0.274. The van der Waals surface area contributed by atoms with Gasteiger partial charge in [-0.2, -0.15) is 13.2 Å². The molecule has 0 aliphatic carbocycles. The van der Waals surface area contributed by atoms with Crippen LogP contribution >= 0.6 is 11.6 Å². The van der Waals surface area contributed by atoms with Crippen molar-refractivity contribution in [2.45, 2.75) is 31.9 Å². The van der Waals surface area contributed by atoms with Gasteiger partial charge in [0.15, 0.2) is 6.10 Å². The number of halogens is 7. The summed E-state index contributed by atoms with van der Waals surface area (Å²) in [5.41, 5.74) is 0.562. The first kappa shape index (κ1) is 29.1. The zero-order valence-corrected chi connectivity index (χ0v) is 21.4. The van der Waals surface area contributed by atoms with Gasteiger partial charge in [0.1, 0.15) is 23.0 Å². The predicted octanol–water partition coefficient (Wildman–Crippen LogP) is 9.74. The van der Waals surface area contributed by atoms with Crippen molar-refractivity contribution in [3.05, 3.63) is 108 Å². The Bertz CT molecular complexity index is 1410.